The molecule has 1 rings (SSSR count). The third-order valence-corrected chi connectivity index (χ3v) is 2.81. The normalized spacial score (nSPS) is 32.4. The number of hydrogen-bond acceptors (Lipinski definition) is 4. The first kappa shape index (κ1) is 10.5. The fourth-order valence-corrected chi connectivity index (χ4v) is 1.76. The summed E-state index contributed by atoms with van der Waals surface area (Å²) < 4.78 is 9.80. The highest BCUT2D eigenvalue weighted by Gasteiger charge is 2.44. The molecule has 1 aliphatic carbocycles. The Morgan fingerprint density at radius 1 is 1.54 bits per heavy atom. The van der Waals surface area contributed by atoms with E-state index in [1.165, 1.54) is 7.11 Å². The van der Waals surface area contributed by atoms with Crippen molar-refractivity contribution in [3.05, 3.63) is 0 Å². The average molecular weight is 187 g/mol. The van der Waals surface area contributed by atoms with E-state index in [2.05, 4.69) is 10.1 Å². The zero-order chi connectivity index (χ0) is 9.90. The predicted molar refractivity (Wildman–Crippen MR) is 48.5 cm³/mol. The summed E-state index contributed by atoms with van der Waals surface area (Å²) in [5, 5.41) is 3.16. The van der Waals surface area contributed by atoms with E-state index in [1.54, 1.807) is 7.11 Å². The van der Waals surface area contributed by atoms with Gasteiger partial charge >= 0.3 is 5.97 Å². The van der Waals surface area contributed by atoms with Crippen molar-refractivity contribution in [1.29, 1.82) is 0 Å². The van der Waals surface area contributed by atoms with Gasteiger partial charge in [-0.05, 0) is 19.9 Å². The lowest BCUT2D eigenvalue weighted by atomic mass is 9.72. The summed E-state index contributed by atoms with van der Waals surface area (Å²) >= 11 is 0. The zero-order valence-electron chi connectivity index (χ0n) is 8.42. The van der Waals surface area contributed by atoms with Crippen LogP contribution in [0.25, 0.3) is 0 Å². The molecule has 1 fully saturated rings. The second-order valence-electron chi connectivity index (χ2n) is 3.55. The number of methoxy groups -OCH3 is 2. The Bertz CT molecular complexity index is 187. The molecule has 0 amide bonds. The molecular formula is C9H17NO3. The van der Waals surface area contributed by atoms with Gasteiger partial charge in [-0.25, -0.2) is 0 Å². The molecule has 1 saturated carbocycles. The van der Waals surface area contributed by atoms with E-state index in [0.717, 1.165) is 12.8 Å². The summed E-state index contributed by atoms with van der Waals surface area (Å²) in [6.07, 6.45) is 2.49. The van der Waals surface area contributed by atoms with Crippen LogP contribution in [0.15, 0.2) is 0 Å². The molecule has 1 aliphatic rings. The maximum absolute atomic E-state index is 11.1. The lowest BCUT2D eigenvalue weighted by molar-refractivity contribution is -0.145. The minimum atomic E-state index is -0.163. The molecule has 0 radical (unpaired) electrons. The van der Waals surface area contributed by atoms with E-state index in [9.17, 15) is 4.79 Å². The van der Waals surface area contributed by atoms with Crippen LogP contribution in [-0.2, 0) is 14.3 Å². The molecule has 0 aliphatic heterocycles. The van der Waals surface area contributed by atoms with E-state index in [4.69, 9.17) is 4.74 Å². The van der Waals surface area contributed by atoms with Gasteiger partial charge in [0.05, 0.1) is 19.6 Å². The molecule has 0 aromatic carbocycles. The van der Waals surface area contributed by atoms with Gasteiger partial charge in [-0.1, -0.05) is 0 Å². The van der Waals surface area contributed by atoms with Gasteiger partial charge in [0.25, 0.3) is 0 Å². The first-order valence-corrected chi connectivity index (χ1v) is 4.44. The first-order valence-electron chi connectivity index (χ1n) is 4.44. The number of hydrogen-bond donors (Lipinski definition) is 1. The third kappa shape index (κ3) is 2.19. The minimum Gasteiger partial charge on any atom is -0.469 e. The van der Waals surface area contributed by atoms with Gasteiger partial charge in [-0.3, -0.25) is 4.79 Å². The first-order chi connectivity index (χ1) is 6.15. The third-order valence-electron chi connectivity index (χ3n) is 2.81. The van der Waals surface area contributed by atoms with E-state index < -0.39 is 0 Å². The van der Waals surface area contributed by atoms with Crippen LogP contribution in [0.1, 0.15) is 19.3 Å². The van der Waals surface area contributed by atoms with E-state index in [0.29, 0.717) is 6.42 Å². The molecular weight excluding hydrogens is 170 g/mol. The van der Waals surface area contributed by atoms with Gasteiger partial charge in [0.15, 0.2) is 0 Å². The van der Waals surface area contributed by atoms with Gasteiger partial charge < -0.3 is 14.8 Å². The van der Waals surface area contributed by atoms with Crippen LogP contribution in [0.4, 0.5) is 0 Å². The summed E-state index contributed by atoms with van der Waals surface area (Å²) in [6, 6.07) is 0. The predicted octanol–water partition coefficient (Wildman–Crippen LogP) is 0.316. The summed E-state index contributed by atoms with van der Waals surface area (Å²) in [4.78, 5) is 11.1. The van der Waals surface area contributed by atoms with Crippen LogP contribution >= 0.6 is 0 Å². The molecule has 0 bridgehead atoms. The van der Waals surface area contributed by atoms with Crippen molar-refractivity contribution in [1.82, 2.24) is 5.32 Å². The fourth-order valence-electron chi connectivity index (χ4n) is 1.76. The van der Waals surface area contributed by atoms with Gasteiger partial charge in [0.1, 0.15) is 0 Å². The minimum absolute atomic E-state index is 0.0895. The molecule has 0 aromatic rings. The lowest BCUT2D eigenvalue weighted by Crippen LogP contribution is -2.57. The lowest BCUT2D eigenvalue weighted by Gasteiger charge is -2.46. The second kappa shape index (κ2) is 4.07. The molecule has 0 aromatic heterocycles. The average Bonchev–Trinajstić information content (AvgIpc) is 2.10. The van der Waals surface area contributed by atoms with Crippen molar-refractivity contribution in [2.24, 2.45) is 0 Å². The van der Waals surface area contributed by atoms with Gasteiger partial charge in [0.2, 0.25) is 0 Å². The largest absolute Gasteiger partial charge is 0.469 e. The highest BCUT2D eigenvalue weighted by molar-refractivity contribution is 5.71. The van der Waals surface area contributed by atoms with Crippen LogP contribution in [0.3, 0.4) is 0 Å². The number of carbonyl (C=O) groups excluding carboxylic acids is 1. The zero-order valence-corrected chi connectivity index (χ0v) is 8.42. The molecule has 4 heteroatoms. The molecule has 13 heavy (non-hydrogen) atoms. The van der Waals surface area contributed by atoms with E-state index >= 15 is 0 Å². The monoisotopic (exact) mass is 187 g/mol. The van der Waals surface area contributed by atoms with E-state index in [1.807, 2.05) is 7.05 Å². The molecule has 76 valence electrons. The van der Waals surface area contributed by atoms with Crippen LogP contribution in [-0.4, -0.2) is 38.9 Å². The molecule has 0 atom stereocenters. The molecule has 1 N–H and O–H groups in total. The summed E-state index contributed by atoms with van der Waals surface area (Å²) in [5.74, 6) is -0.163. The van der Waals surface area contributed by atoms with Crippen molar-refractivity contribution in [3.8, 4) is 0 Å². The Kier molecular flexibility index (Phi) is 3.27. The number of nitrogens with one attached hydrogen (secondary N) is 1. The smallest absolute Gasteiger partial charge is 0.307 e. The van der Waals surface area contributed by atoms with E-state index in [-0.39, 0.29) is 17.6 Å². The number of esters is 1. The van der Waals surface area contributed by atoms with Crippen molar-refractivity contribution in [2.45, 2.75) is 30.9 Å². The quantitative estimate of drug-likeness (QED) is 0.644. The molecule has 0 saturated heterocycles. The summed E-state index contributed by atoms with van der Waals surface area (Å²) in [6.45, 7) is 0. The highest BCUT2D eigenvalue weighted by atomic mass is 16.5. The molecule has 0 spiro atoms. The fraction of sp³-hybridized carbons (Fsp3) is 0.889. The molecule has 0 unspecified atom stereocenters. The van der Waals surface area contributed by atoms with Gasteiger partial charge in [-0.2, -0.15) is 0 Å². The van der Waals surface area contributed by atoms with Crippen LogP contribution in [0.5, 0.6) is 0 Å². The molecule has 4 nitrogen and oxygen atoms in total. The van der Waals surface area contributed by atoms with Crippen molar-refractivity contribution in [3.63, 3.8) is 0 Å². The maximum Gasteiger partial charge on any atom is 0.307 e. The Labute approximate surface area is 78.6 Å². The topological polar surface area (TPSA) is 47.6 Å². The Morgan fingerprint density at radius 2 is 2.15 bits per heavy atom. The van der Waals surface area contributed by atoms with Crippen LogP contribution in [0.2, 0.25) is 0 Å². The SMILES string of the molecule is CNC1(CC(=O)OC)CC(OC)C1. The number of rotatable bonds is 4. The number of ether oxygens (including phenoxy) is 2. The van der Waals surface area contributed by atoms with Crippen molar-refractivity contribution >= 4 is 5.97 Å². The standard InChI is InChI=1S/C9H17NO3/c1-10-9(6-8(11)13-3)4-7(5-9)12-2/h7,10H,4-6H2,1-3H3. The Morgan fingerprint density at radius 3 is 2.54 bits per heavy atom. The van der Waals surface area contributed by atoms with Crippen LogP contribution < -0.4 is 5.32 Å². The van der Waals surface area contributed by atoms with Gasteiger partial charge in [0, 0.05) is 12.6 Å². The van der Waals surface area contributed by atoms with Gasteiger partial charge in [-0.15, -0.1) is 0 Å². The Hall–Kier alpha value is -0.610. The Balaban J connectivity index is 2.41. The summed E-state index contributed by atoms with van der Waals surface area (Å²) in [7, 11) is 4.98. The summed E-state index contributed by atoms with van der Waals surface area (Å²) in [5.41, 5.74) is -0.0895. The van der Waals surface area contributed by atoms with Crippen molar-refractivity contribution in [2.75, 3.05) is 21.3 Å². The molecule has 0 heterocycles. The van der Waals surface area contributed by atoms with Crippen LogP contribution in [0, 0.1) is 0 Å². The maximum atomic E-state index is 11.1. The number of carbonyl (C=O) groups is 1. The second-order valence-corrected chi connectivity index (χ2v) is 3.55. The highest BCUT2D eigenvalue weighted by Crippen LogP contribution is 2.36. The van der Waals surface area contributed by atoms with Crippen molar-refractivity contribution < 1.29 is 14.3 Å².